The molecule has 0 amide bonds. The van der Waals surface area contributed by atoms with Gasteiger partial charge in [0.25, 0.3) is 11.4 Å². The highest BCUT2D eigenvalue weighted by Gasteiger charge is 2.38. The summed E-state index contributed by atoms with van der Waals surface area (Å²) in [5.74, 6) is 0.160. The van der Waals surface area contributed by atoms with Gasteiger partial charge in [0.15, 0.2) is 5.65 Å². The Labute approximate surface area is 172 Å². The third-order valence-corrected chi connectivity index (χ3v) is 5.24. The van der Waals surface area contributed by atoms with Crippen molar-refractivity contribution in [1.29, 1.82) is 0 Å². The van der Waals surface area contributed by atoms with E-state index in [2.05, 4.69) is 20.3 Å². The minimum absolute atomic E-state index is 0.0512. The lowest BCUT2D eigenvalue weighted by molar-refractivity contribution is -0.140. The smallest absolute Gasteiger partial charge is 0.420 e. The fourth-order valence-corrected chi connectivity index (χ4v) is 3.74. The molecule has 0 spiro atoms. The third kappa shape index (κ3) is 3.21. The largest absolute Gasteiger partial charge is 0.433 e. The summed E-state index contributed by atoms with van der Waals surface area (Å²) in [4.78, 5) is 17.5. The molecule has 1 aliphatic rings. The quantitative estimate of drug-likeness (QED) is 0.533. The Bertz CT molecular complexity index is 1320. The second-order valence-corrected chi connectivity index (χ2v) is 7.27. The lowest BCUT2D eigenvalue weighted by Gasteiger charge is -2.07. The van der Waals surface area contributed by atoms with E-state index in [1.165, 1.54) is 19.1 Å². The highest BCUT2D eigenvalue weighted by Crippen LogP contribution is 2.38. The molecule has 4 aromatic rings. The predicted octanol–water partition coefficient (Wildman–Crippen LogP) is 3.57. The number of nitrogens with one attached hydrogen (secondary N) is 1. The van der Waals surface area contributed by atoms with E-state index in [1.54, 1.807) is 18.2 Å². The molecule has 4 heterocycles. The molecule has 0 saturated carbocycles. The van der Waals surface area contributed by atoms with Crippen LogP contribution in [-0.4, -0.2) is 38.0 Å². The van der Waals surface area contributed by atoms with Crippen molar-refractivity contribution in [2.45, 2.75) is 25.4 Å². The van der Waals surface area contributed by atoms with Crippen LogP contribution in [0.5, 0.6) is 0 Å². The number of rotatable bonds is 3. The van der Waals surface area contributed by atoms with Crippen LogP contribution in [0, 0.1) is 6.92 Å². The number of aromatic amines is 1. The van der Waals surface area contributed by atoms with Gasteiger partial charge < -0.3 is 9.15 Å². The maximum Gasteiger partial charge on any atom is 0.433 e. The standard InChI is InChI=1S/C20H16F3N5O3/c1-10-13(18-26-25-17(31-18)12-7-8-30-9-12)19(29)28-16(24-10)14(11-5-3-2-4-6-11)15(27-28)20(21,22)23/h2-6,12,27H,7-9H2,1H3. The summed E-state index contributed by atoms with van der Waals surface area (Å²) in [7, 11) is 0. The molecule has 1 saturated heterocycles. The molecule has 1 N–H and O–H groups in total. The Morgan fingerprint density at radius 2 is 1.94 bits per heavy atom. The summed E-state index contributed by atoms with van der Waals surface area (Å²) < 4.78 is 53.1. The van der Waals surface area contributed by atoms with Gasteiger partial charge in [0.05, 0.1) is 23.8 Å². The number of ether oxygens (including phenoxy) is 1. The van der Waals surface area contributed by atoms with E-state index < -0.39 is 17.4 Å². The summed E-state index contributed by atoms with van der Waals surface area (Å²) in [5, 5.41) is 10.1. The Kier molecular flexibility index (Phi) is 4.43. The van der Waals surface area contributed by atoms with Gasteiger partial charge in [-0.3, -0.25) is 9.89 Å². The number of benzene rings is 1. The number of halogens is 3. The first kappa shape index (κ1) is 19.5. The number of H-pyrrole nitrogens is 1. The number of alkyl halides is 3. The first-order chi connectivity index (χ1) is 14.8. The van der Waals surface area contributed by atoms with Crippen LogP contribution in [0.4, 0.5) is 13.2 Å². The lowest BCUT2D eigenvalue weighted by Crippen LogP contribution is -2.20. The van der Waals surface area contributed by atoms with E-state index in [0.29, 0.717) is 25.5 Å². The summed E-state index contributed by atoms with van der Waals surface area (Å²) in [6.07, 6.45) is -4.01. The second kappa shape index (κ2) is 7.05. The zero-order valence-electron chi connectivity index (χ0n) is 16.2. The molecule has 1 aliphatic heterocycles. The highest BCUT2D eigenvalue weighted by molar-refractivity contribution is 5.81. The van der Waals surface area contributed by atoms with E-state index in [9.17, 15) is 18.0 Å². The molecular weight excluding hydrogens is 415 g/mol. The maximum atomic E-state index is 13.8. The van der Waals surface area contributed by atoms with Crippen molar-refractivity contribution >= 4 is 5.65 Å². The maximum absolute atomic E-state index is 13.8. The SMILES string of the molecule is Cc1nc2c(-c3ccccc3)c(C(F)(F)F)[nH]n2c(=O)c1-c1nnc(C2CCOC2)o1. The van der Waals surface area contributed by atoms with Gasteiger partial charge in [0, 0.05) is 6.61 Å². The van der Waals surface area contributed by atoms with Crippen LogP contribution >= 0.6 is 0 Å². The van der Waals surface area contributed by atoms with Gasteiger partial charge in [-0.25, -0.2) is 4.98 Å². The first-order valence-electron chi connectivity index (χ1n) is 9.54. The monoisotopic (exact) mass is 431 g/mol. The molecule has 5 rings (SSSR count). The van der Waals surface area contributed by atoms with E-state index in [-0.39, 0.29) is 39.8 Å². The van der Waals surface area contributed by atoms with Crippen molar-refractivity contribution < 1.29 is 22.3 Å². The van der Waals surface area contributed by atoms with Crippen LogP contribution in [-0.2, 0) is 10.9 Å². The summed E-state index contributed by atoms with van der Waals surface area (Å²) in [6.45, 7) is 2.53. The van der Waals surface area contributed by atoms with Gasteiger partial charge in [-0.1, -0.05) is 30.3 Å². The number of fused-ring (bicyclic) bond motifs is 1. The first-order valence-corrected chi connectivity index (χ1v) is 9.54. The molecule has 1 aromatic carbocycles. The van der Waals surface area contributed by atoms with Crippen molar-refractivity contribution in [1.82, 2.24) is 24.8 Å². The van der Waals surface area contributed by atoms with Crippen molar-refractivity contribution in [2.24, 2.45) is 0 Å². The number of hydrogen-bond donors (Lipinski definition) is 1. The van der Waals surface area contributed by atoms with Gasteiger partial charge >= 0.3 is 6.18 Å². The van der Waals surface area contributed by atoms with E-state index in [0.717, 1.165) is 4.52 Å². The topological polar surface area (TPSA) is 98.3 Å². The van der Waals surface area contributed by atoms with Gasteiger partial charge in [0.2, 0.25) is 5.89 Å². The van der Waals surface area contributed by atoms with Crippen molar-refractivity contribution in [2.75, 3.05) is 13.2 Å². The van der Waals surface area contributed by atoms with E-state index >= 15 is 0 Å². The Morgan fingerprint density at radius 3 is 2.61 bits per heavy atom. The Balaban J connectivity index is 1.73. The fourth-order valence-electron chi connectivity index (χ4n) is 3.74. The number of hydrogen-bond acceptors (Lipinski definition) is 6. The van der Waals surface area contributed by atoms with Crippen LogP contribution in [0.3, 0.4) is 0 Å². The molecule has 1 fully saturated rings. The van der Waals surface area contributed by atoms with Crippen LogP contribution in [0.2, 0.25) is 0 Å². The van der Waals surface area contributed by atoms with Crippen LogP contribution in [0.1, 0.15) is 29.6 Å². The molecule has 31 heavy (non-hydrogen) atoms. The van der Waals surface area contributed by atoms with Crippen molar-refractivity contribution in [3.8, 4) is 22.6 Å². The Hall–Kier alpha value is -3.47. The molecule has 1 unspecified atom stereocenters. The third-order valence-electron chi connectivity index (χ3n) is 5.24. The van der Waals surface area contributed by atoms with E-state index in [1.807, 2.05) is 0 Å². The number of aromatic nitrogens is 5. The van der Waals surface area contributed by atoms with Gasteiger partial charge in [-0.05, 0) is 18.9 Å². The fraction of sp³-hybridized carbons (Fsp3) is 0.300. The molecule has 3 aromatic heterocycles. The molecule has 0 radical (unpaired) electrons. The molecule has 160 valence electrons. The average Bonchev–Trinajstić information content (AvgIpc) is 3.47. The summed E-state index contributed by atoms with van der Waals surface area (Å²) in [6, 6.07) is 7.98. The Morgan fingerprint density at radius 1 is 1.16 bits per heavy atom. The number of aryl methyl sites for hydroxylation is 1. The highest BCUT2D eigenvalue weighted by atomic mass is 19.4. The minimum atomic E-state index is -4.72. The molecule has 11 heteroatoms. The summed E-state index contributed by atoms with van der Waals surface area (Å²) in [5.41, 5.74) is -1.73. The molecular formula is C20H16F3N5O3. The van der Waals surface area contributed by atoms with Crippen molar-refractivity contribution in [3.63, 3.8) is 0 Å². The zero-order chi connectivity index (χ0) is 21.8. The van der Waals surface area contributed by atoms with Crippen LogP contribution in [0.25, 0.3) is 28.2 Å². The van der Waals surface area contributed by atoms with Gasteiger partial charge in [-0.15, -0.1) is 10.2 Å². The van der Waals surface area contributed by atoms with Gasteiger partial charge in [-0.2, -0.15) is 17.7 Å². The number of nitrogens with zero attached hydrogens (tertiary/aromatic N) is 4. The van der Waals surface area contributed by atoms with Crippen LogP contribution < -0.4 is 5.56 Å². The zero-order valence-corrected chi connectivity index (χ0v) is 16.2. The summed E-state index contributed by atoms with van der Waals surface area (Å²) >= 11 is 0. The second-order valence-electron chi connectivity index (χ2n) is 7.27. The lowest BCUT2D eigenvalue weighted by atomic mass is 10.1. The molecule has 8 nitrogen and oxygen atoms in total. The molecule has 1 atom stereocenters. The van der Waals surface area contributed by atoms with E-state index in [4.69, 9.17) is 9.15 Å². The van der Waals surface area contributed by atoms with Crippen LogP contribution in [0.15, 0.2) is 39.5 Å². The molecule has 0 bridgehead atoms. The normalized spacial score (nSPS) is 17.0. The average molecular weight is 431 g/mol. The molecule has 0 aliphatic carbocycles. The predicted molar refractivity (Wildman–Crippen MR) is 102 cm³/mol. The van der Waals surface area contributed by atoms with Crippen molar-refractivity contribution in [3.05, 3.63) is 58.0 Å². The minimum Gasteiger partial charge on any atom is -0.420 e. The van der Waals surface area contributed by atoms with Gasteiger partial charge in [0.1, 0.15) is 11.3 Å².